The van der Waals surface area contributed by atoms with E-state index >= 15 is 0 Å². The van der Waals surface area contributed by atoms with Crippen molar-refractivity contribution in [2.75, 3.05) is 0 Å². The van der Waals surface area contributed by atoms with E-state index in [1.54, 1.807) is 42.5 Å². The van der Waals surface area contributed by atoms with E-state index in [-0.39, 0.29) is 12.5 Å². The lowest BCUT2D eigenvalue weighted by Crippen LogP contribution is -2.30. The summed E-state index contributed by atoms with van der Waals surface area (Å²) in [5.74, 6) is 5.40. The molecule has 0 radical (unpaired) electrons. The number of ether oxygens (including phenoxy) is 1. The Morgan fingerprint density at radius 2 is 1.85 bits per heavy atom. The van der Waals surface area contributed by atoms with Gasteiger partial charge in [-0.05, 0) is 30.3 Å². The Kier molecular flexibility index (Phi) is 4.47. The largest absolute Gasteiger partial charge is 0.489 e. The number of hydrogen-bond donors (Lipinski definition) is 2. The molecule has 0 heterocycles. The first-order chi connectivity index (χ1) is 9.74. The summed E-state index contributed by atoms with van der Waals surface area (Å²) >= 11 is 0. The van der Waals surface area contributed by atoms with Gasteiger partial charge in [-0.3, -0.25) is 15.0 Å². The molecule has 102 valence electrons. The topological polar surface area (TPSA) is 81.4 Å². The third-order valence-corrected chi connectivity index (χ3v) is 2.80. The van der Waals surface area contributed by atoms with Gasteiger partial charge in [-0.15, -0.1) is 0 Å². The van der Waals surface area contributed by atoms with Gasteiger partial charge >= 0.3 is 0 Å². The molecule has 5 nitrogen and oxygen atoms in total. The van der Waals surface area contributed by atoms with Gasteiger partial charge in [-0.25, -0.2) is 5.84 Å². The quantitative estimate of drug-likeness (QED) is 0.375. The lowest BCUT2D eigenvalue weighted by atomic mass is 10.1. The van der Waals surface area contributed by atoms with Crippen molar-refractivity contribution in [1.29, 1.82) is 0 Å². The highest BCUT2D eigenvalue weighted by Crippen LogP contribution is 2.15. The van der Waals surface area contributed by atoms with Crippen molar-refractivity contribution < 1.29 is 14.3 Å². The summed E-state index contributed by atoms with van der Waals surface area (Å²) in [6.07, 6.45) is 0.769. The Morgan fingerprint density at radius 3 is 2.50 bits per heavy atom. The number of carbonyl (C=O) groups is 2. The van der Waals surface area contributed by atoms with Crippen LogP contribution in [-0.4, -0.2) is 12.2 Å². The van der Waals surface area contributed by atoms with Gasteiger partial charge in [0.05, 0.1) is 0 Å². The second-order valence-corrected chi connectivity index (χ2v) is 4.11. The zero-order valence-corrected chi connectivity index (χ0v) is 10.7. The highest BCUT2D eigenvalue weighted by atomic mass is 16.5. The van der Waals surface area contributed by atoms with E-state index < -0.39 is 0 Å². The predicted octanol–water partition coefficient (Wildman–Crippen LogP) is 1.68. The summed E-state index contributed by atoms with van der Waals surface area (Å²) in [6, 6.07) is 13.8. The van der Waals surface area contributed by atoms with Crippen LogP contribution in [0.2, 0.25) is 0 Å². The molecule has 0 atom stereocenters. The van der Waals surface area contributed by atoms with E-state index in [1.165, 1.54) is 0 Å². The van der Waals surface area contributed by atoms with Crippen LogP contribution in [0.4, 0.5) is 0 Å². The molecular weight excluding hydrogens is 256 g/mol. The molecule has 5 heteroatoms. The molecule has 0 aromatic heterocycles. The highest BCUT2D eigenvalue weighted by Gasteiger charge is 2.09. The molecule has 2 rings (SSSR count). The lowest BCUT2D eigenvalue weighted by Gasteiger charge is -2.10. The fraction of sp³-hybridized carbons (Fsp3) is 0.0667. The average Bonchev–Trinajstić information content (AvgIpc) is 2.53. The smallest absolute Gasteiger partial charge is 0.265 e. The predicted molar refractivity (Wildman–Crippen MR) is 74.3 cm³/mol. The first-order valence-electron chi connectivity index (χ1n) is 6.01. The van der Waals surface area contributed by atoms with Crippen molar-refractivity contribution in [2.24, 2.45) is 5.84 Å². The van der Waals surface area contributed by atoms with Crippen molar-refractivity contribution in [3.05, 3.63) is 65.2 Å². The van der Waals surface area contributed by atoms with Crippen LogP contribution < -0.4 is 16.0 Å². The molecule has 2 aromatic carbocycles. The maximum Gasteiger partial charge on any atom is 0.265 e. The second kappa shape index (κ2) is 6.49. The average molecular weight is 270 g/mol. The summed E-state index contributed by atoms with van der Waals surface area (Å²) < 4.78 is 5.59. The number of carbonyl (C=O) groups excluding carboxylic acids is 2. The zero-order chi connectivity index (χ0) is 14.4. The van der Waals surface area contributed by atoms with E-state index in [0.29, 0.717) is 16.9 Å². The zero-order valence-electron chi connectivity index (χ0n) is 10.7. The van der Waals surface area contributed by atoms with Crippen molar-refractivity contribution in [3.63, 3.8) is 0 Å². The molecule has 2 aromatic rings. The molecule has 0 aliphatic rings. The molecule has 3 N–H and O–H groups in total. The highest BCUT2D eigenvalue weighted by molar-refractivity contribution is 5.95. The standard InChI is InChI=1S/C15H14N2O3/c16-17-15(19)14-4-2-1-3-12(14)10-20-13-7-5-11(9-18)6-8-13/h1-9H,10,16H2,(H,17,19). The number of hydrogen-bond acceptors (Lipinski definition) is 4. The normalized spacial score (nSPS) is 9.85. The van der Waals surface area contributed by atoms with Gasteiger partial charge in [0, 0.05) is 16.7 Å². The van der Waals surface area contributed by atoms with Crippen LogP contribution in [0.3, 0.4) is 0 Å². The lowest BCUT2D eigenvalue weighted by molar-refractivity contribution is 0.0950. The van der Waals surface area contributed by atoms with Gasteiger partial charge < -0.3 is 4.74 Å². The minimum Gasteiger partial charge on any atom is -0.489 e. The molecule has 0 saturated heterocycles. The molecule has 0 bridgehead atoms. The maximum atomic E-state index is 11.6. The summed E-state index contributed by atoms with van der Waals surface area (Å²) in [5, 5.41) is 0. The second-order valence-electron chi connectivity index (χ2n) is 4.11. The van der Waals surface area contributed by atoms with E-state index in [1.807, 2.05) is 6.07 Å². The molecular formula is C15H14N2O3. The van der Waals surface area contributed by atoms with Gasteiger partial charge in [-0.1, -0.05) is 18.2 Å². The molecule has 0 fully saturated rings. The first-order valence-corrected chi connectivity index (χ1v) is 6.01. The van der Waals surface area contributed by atoms with Crippen molar-refractivity contribution >= 4 is 12.2 Å². The van der Waals surface area contributed by atoms with Crippen LogP contribution in [0.25, 0.3) is 0 Å². The van der Waals surface area contributed by atoms with Crippen LogP contribution in [0, 0.1) is 0 Å². The maximum absolute atomic E-state index is 11.6. The fourth-order valence-corrected chi connectivity index (χ4v) is 1.75. The summed E-state index contributed by atoms with van der Waals surface area (Å²) in [4.78, 5) is 22.2. The Labute approximate surface area is 116 Å². The van der Waals surface area contributed by atoms with Gasteiger partial charge in [0.1, 0.15) is 18.6 Å². The molecule has 0 saturated carbocycles. The van der Waals surface area contributed by atoms with E-state index in [9.17, 15) is 9.59 Å². The summed E-state index contributed by atoms with van der Waals surface area (Å²) in [6.45, 7) is 0.240. The first kappa shape index (κ1) is 13.8. The third-order valence-electron chi connectivity index (χ3n) is 2.80. The third kappa shape index (κ3) is 3.21. The van der Waals surface area contributed by atoms with Crippen molar-refractivity contribution in [3.8, 4) is 5.75 Å². The molecule has 20 heavy (non-hydrogen) atoms. The van der Waals surface area contributed by atoms with Crippen molar-refractivity contribution in [2.45, 2.75) is 6.61 Å². The Morgan fingerprint density at radius 1 is 1.15 bits per heavy atom. The number of benzene rings is 2. The van der Waals surface area contributed by atoms with Gasteiger partial charge in [-0.2, -0.15) is 0 Å². The number of nitrogen functional groups attached to an aromatic ring is 1. The van der Waals surface area contributed by atoms with Gasteiger partial charge in [0.25, 0.3) is 5.91 Å². The molecule has 0 aliphatic heterocycles. The summed E-state index contributed by atoms with van der Waals surface area (Å²) in [7, 11) is 0. The molecule has 1 amide bonds. The Balaban J connectivity index is 2.10. The number of nitrogens with one attached hydrogen (secondary N) is 1. The minimum atomic E-state index is -0.361. The van der Waals surface area contributed by atoms with Crippen molar-refractivity contribution in [1.82, 2.24) is 5.43 Å². The van der Waals surface area contributed by atoms with Crippen LogP contribution in [0.5, 0.6) is 5.75 Å². The Hall–Kier alpha value is -2.66. The van der Waals surface area contributed by atoms with Gasteiger partial charge in [0.2, 0.25) is 0 Å². The number of hydrazine groups is 1. The monoisotopic (exact) mass is 270 g/mol. The molecule has 0 spiro atoms. The van der Waals surface area contributed by atoms with Gasteiger partial charge in [0.15, 0.2) is 0 Å². The number of aldehydes is 1. The number of nitrogens with two attached hydrogens (primary N) is 1. The Bertz CT molecular complexity index is 609. The van der Waals surface area contributed by atoms with Crippen LogP contribution in [-0.2, 0) is 6.61 Å². The van der Waals surface area contributed by atoms with E-state index in [0.717, 1.165) is 11.8 Å². The minimum absolute atomic E-state index is 0.240. The SMILES string of the molecule is NNC(=O)c1ccccc1COc1ccc(C=O)cc1. The summed E-state index contributed by atoms with van der Waals surface area (Å²) in [5.41, 5.74) is 3.89. The number of rotatable bonds is 5. The van der Waals surface area contributed by atoms with Crippen LogP contribution in [0.1, 0.15) is 26.3 Å². The van der Waals surface area contributed by atoms with Crippen LogP contribution >= 0.6 is 0 Å². The number of amides is 1. The van der Waals surface area contributed by atoms with Crippen LogP contribution in [0.15, 0.2) is 48.5 Å². The molecule has 0 unspecified atom stereocenters. The molecule has 0 aliphatic carbocycles. The van der Waals surface area contributed by atoms with E-state index in [4.69, 9.17) is 10.6 Å². The van der Waals surface area contributed by atoms with E-state index in [2.05, 4.69) is 5.43 Å². The fourth-order valence-electron chi connectivity index (χ4n) is 1.75.